The summed E-state index contributed by atoms with van der Waals surface area (Å²) < 4.78 is 4.85. The Balaban J connectivity index is 1.70. The van der Waals surface area contributed by atoms with Gasteiger partial charge in [-0.1, -0.05) is 0 Å². The second-order valence-corrected chi connectivity index (χ2v) is 4.42. The van der Waals surface area contributed by atoms with Crippen LogP contribution in [0.4, 0.5) is 5.82 Å². The van der Waals surface area contributed by atoms with Gasteiger partial charge in [0.2, 0.25) is 5.91 Å². The van der Waals surface area contributed by atoms with Gasteiger partial charge in [-0.2, -0.15) is 5.10 Å². The fraction of sp³-hybridized carbons (Fsp3) is 0.636. The lowest BCUT2D eigenvalue weighted by Crippen LogP contribution is -2.43. The summed E-state index contributed by atoms with van der Waals surface area (Å²) >= 11 is 0. The molecule has 17 heavy (non-hydrogen) atoms. The third-order valence-electron chi connectivity index (χ3n) is 3.09. The van der Waals surface area contributed by atoms with E-state index >= 15 is 0 Å². The molecule has 1 aliphatic carbocycles. The van der Waals surface area contributed by atoms with Crippen LogP contribution in [-0.2, 0) is 9.53 Å². The smallest absolute Gasteiger partial charge is 0.222 e. The van der Waals surface area contributed by atoms with Crippen LogP contribution in [0.1, 0.15) is 30.9 Å². The highest BCUT2D eigenvalue weighted by Crippen LogP contribution is 2.36. The predicted octanol–water partition coefficient (Wildman–Crippen LogP) is 0.391. The largest absolute Gasteiger partial charge is 0.384 e. The van der Waals surface area contributed by atoms with Gasteiger partial charge >= 0.3 is 0 Å². The minimum Gasteiger partial charge on any atom is -0.384 e. The maximum Gasteiger partial charge on any atom is 0.222 e. The van der Waals surface area contributed by atoms with Crippen molar-refractivity contribution in [2.24, 2.45) is 0 Å². The predicted molar refractivity (Wildman–Crippen MR) is 63.4 cm³/mol. The first kappa shape index (κ1) is 11.9. The molecule has 0 aromatic carbocycles. The minimum absolute atomic E-state index is 0.0550. The molecule has 6 heteroatoms. The first-order chi connectivity index (χ1) is 8.19. The number of nitrogens with two attached hydrogens (primary N) is 1. The number of amides is 1. The Kier molecular flexibility index (Phi) is 3.63. The molecule has 1 heterocycles. The lowest BCUT2D eigenvalue weighted by atomic mass is 9.78. The van der Waals surface area contributed by atoms with Crippen molar-refractivity contribution in [3.05, 3.63) is 11.8 Å². The number of nitrogen functional groups attached to an aromatic ring is 1. The molecule has 1 aromatic rings. The Morgan fingerprint density at radius 2 is 2.47 bits per heavy atom. The van der Waals surface area contributed by atoms with Gasteiger partial charge in [-0.15, -0.1) is 0 Å². The van der Waals surface area contributed by atoms with Crippen LogP contribution in [-0.4, -0.2) is 35.9 Å². The summed E-state index contributed by atoms with van der Waals surface area (Å²) in [6.07, 6.45) is 2.31. The number of anilines is 1. The Bertz CT molecular complexity index is 385. The fourth-order valence-corrected chi connectivity index (χ4v) is 2.05. The van der Waals surface area contributed by atoms with Crippen molar-refractivity contribution >= 4 is 11.7 Å². The van der Waals surface area contributed by atoms with Crippen molar-refractivity contribution in [3.8, 4) is 0 Å². The van der Waals surface area contributed by atoms with Crippen molar-refractivity contribution in [2.45, 2.75) is 31.2 Å². The van der Waals surface area contributed by atoms with E-state index in [4.69, 9.17) is 10.5 Å². The number of H-pyrrole nitrogens is 1. The van der Waals surface area contributed by atoms with E-state index < -0.39 is 0 Å². The number of methoxy groups -OCH3 is 1. The molecule has 6 nitrogen and oxygen atoms in total. The molecule has 0 unspecified atom stereocenters. The number of rotatable bonds is 5. The molecule has 94 valence electrons. The highest BCUT2D eigenvalue weighted by molar-refractivity contribution is 5.76. The summed E-state index contributed by atoms with van der Waals surface area (Å²) in [6.45, 7) is 0.471. The third-order valence-corrected chi connectivity index (χ3v) is 3.09. The van der Waals surface area contributed by atoms with Crippen LogP contribution >= 0.6 is 0 Å². The molecule has 2 rings (SSSR count). The number of ether oxygens (including phenoxy) is 1. The van der Waals surface area contributed by atoms with Gasteiger partial charge in [-0.3, -0.25) is 9.89 Å². The summed E-state index contributed by atoms with van der Waals surface area (Å²) in [6, 6.07) is 2.13. The van der Waals surface area contributed by atoms with Gasteiger partial charge < -0.3 is 15.8 Å². The Morgan fingerprint density at radius 3 is 3.06 bits per heavy atom. The van der Waals surface area contributed by atoms with Gasteiger partial charge in [-0.25, -0.2) is 0 Å². The second-order valence-electron chi connectivity index (χ2n) is 4.42. The molecule has 0 aliphatic heterocycles. The highest BCUT2D eigenvalue weighted by Gasteiger charge is 2.32. The molecule has 0 atom stereocenters. The molecule has 0 radical (unpaired) electrons. The maximum atomic E-state index is 11.4. The Hall–Kier alpha value is -1.56. The number of carbonyl (C=O) groups excluding carboxylic acids is 1. The van der Waals surface area contributed by atoms with Crippen molar-refractivity contribution in [2.75, 3.05) is 19.5 Å². The summed E-state index contributed by atoms with van der Waals surface area (Å²) in [5.41, 5.74) is 6.60. The molecule has 1 saturated carbocycles. The summed E-state index contributed by atoms with van der Waals surface area (Å²) in [5.74, 6) is 1.01. The van der Waals surface area contributed by atoms with Gasteiger partial charge in [0.1, 0.15) is 5.82 Å². The van der Waals surface area contributed by atoms with Crippen LogP contribution in [0.3, 0.4) is 0 Å². The normalized spacial score (nSPS) is 23.1. The topological polar surface area (TPSA) is 93.0 Å². The number of nitrogens with one attached hydrogen (secondary N) is 2. The molecular formula is C11H18N4O2. The summed E-state index contributed by atoms with van der Waals surface area (Å²) in [4.78, 5) is 11.4. The van der Waals surface area contributed by atoms with Crippen LogP contribution in [0.15, 0.2) is 6.07 Å². The van der Waals surface area contributed by atoms with E-state index in [-0.39, 0.29) is 11.9 Å². The summed E-state index contributed by atoms with van der Waals surface area (Å²) in [7, 11) is 1.59. The first-order valence-electron chi connectivity index (χ1n) is 5.78. The van der Waals surface area contributed by atoms with Crippen molar-refractivity contribution < 1.29 is 9.53 Å². The maximum absolute atomic E-state index is 11.4. The van der Waals surface area contributed by atoms with Crippen molar-refractivity contribution in [1.29, 1.82) is 0 Å². The average molecular weight is 238 g/mol. The molecule has 0 spiro atoms. The van der Waals surface area contributed by atoms with Crippen LogP contribution in [0.5, 0.6) is 0 Å². The van der Waals surface area contributed by atoms with Gasteiger partial charge in [0.25, 0.3) is 0 Å². The standard InChI is InChI=1S/C11H18N4O2/c1-17-3-2-11(16)13-8-4-7(5-8)9-6-10(12)15-14-9/h6-8H,2-5H2,1H3,(H,13,16)(H3,12,14,15). The minimum atomic E-state index is 0.0550. The zero-order valence-electron chi connectivity index (χ0n) is 9.90. The van der Waals surface area contributed by atoms with E-state index in [1.54, 1.807) is 7.11 Å². The number of carbonyl (C=O) groups is 1. The van der Waals surface area contributed by atoms with Crippen LogP contribution in [0, 0.1) is 0 Å². The first-order valence-corrected chi connectivity index (χ1v) is 5.78. The van der Waals surface area contributed by atoms with Crippen LogP contribution in [0.25, 0.3) is 0 Å². The van der Waals surface area contributed by atoms with E-state index in [2.05, 4.69) is 15.5 Å². The van der Waals surface area contributed by atoms with Crippen LogP contribution < -0.4 is 11.1 Å². The lowest BCUT2D eigenvalue weighted by Gasteiger charge is -2.35. The Labute approximate surface area is 99.9 Å². The van der Waals surface area contributed by atoms with Gasteiger partial charge in [0.05, 0.1) is 6.61 Å². The molecule has 1 aromatic heterocycles. The molecule has 0 saturated heterocycles. The quantitative estimate of drug-likeness (QED) is 0.691. The monoisotopic (exact) mass is 238 g/mol. The number of aromatic nitrogens is 2. The average Bonchev–Trinajstić information content (AvgIpc) is 2.66. The number of hydrogen-bond acceptors (Lipinski definition) is 4. The fourth-order valence-electron chi connectivity index (χ4n) is 2.05. The number of aromatic amines is 1. The molecule has 0 bridgehead atoms. The van der Waals surface area contributed by atoms with Gasteiger partial charge in [0.15, 0.2) is 0 Å². The Morgan fingerprint density at radius 1 is 1.71 bits per heavy atom. The molecule has 1 fully saturated rings. The van der Waals surface area contributed by atoms with E-state index in [1.165, 1.54) is 0 Å². The van der Waals surface area contributed by atoms with E-state index in [0.717, 1.165) is 18.5 Å². The summed E-state index contributed by atoms with van der Waals surface area (Å²) in [5, 5.41) is 9.78. The van der Waals surface area contributed by atoms with Gasteiger partial charge in [0, 0.05) is 37.3 Å². The number of nitrogens with zero attached hydrogens (tertiary/aromatic N) is 1. The molecular weight excluding hydrogens is 220 g/mol. The SMILES string of the molecule is COCCC(=O)NC1CC(c2cc(N)n[nH]2)C1. The van der Waals surface area contributed by atoms with E-state index in [9.17, 15) is 4.79 Å². The van der Waals surface area contributed by atoms with E-state index in [0.29, 0.717) is 24.8 Å². The van der Waals surface area contributed by atoms with Crippen molar-refractivity contribution in [1.82, 2.24) is 15.5 Å². The second kappa shape index (κ2) is 5.18. The molecule has 1 aliphatic rings. The number of hydrogen-bond donors (Lipinski definition) is 3. The van der Waals surface area contributed by atoms with Gasteiger partial charge in [-0.05, 0) is 12.8 Å². The highest BCUT2D eigenvalue weighted by atomic mass is 16.5. The van der Waals surface area contributed by atoms with E-state index in [1.807, 2.05) is 6.07 Å². The molecule has 4 N–H and O–H groups in total. The zero-order valence-corrected chi connectivity index (χ0v) is 9.90. The van der Waals surface area contributed by atoms with Crippen molar-refractivity contribution in [3.63, 3.8) is 0 Å². The molecule has 1 amide bonds. The van der Waals surface area contributed by atoms with Crippen LogP contribution in [0.2, 0.25) is 0 Å². The lowest BCUT2D eigenvalue weighted by molar-refractivity contribution is -0.123. The third kappa shape index (κ3) is 2.97. The zero-order chi connectivity index (χ0) is 12.3.